The van der Waals surface area contributed by atoms with Crippen molar-refractivity contribution in [1.82, 2.24) is 10.6 Å². The van der Waals surface area contributed by atoms with Crippen LogP contribution in [-0.4, -0.2) is 44.0 Å². The highest BCUT2D eigenvalue weighted by Gasteiger charge is 2.12. The zero-order chi connectivity index (χ0) is 15.8. The number of carbonyl (C=O) groups is 2. The number of benzene rings is 1. The summed E-state index contributed by atoms with van der Waals surface area (Å²) in [5, 5.41) is 5.11. The molecule has 0 heterocycles. The topological polar surface area (TPSA) is 76.7 Å². The summed E-state index contributed by atoms with van der Waals surface area (Å²) in [6, 6.07) is 4.82. The Morgan fingerprint density at radius 1 is 1.10 bits per heavy atom. The molecule has 0 fully saturated rings. The molecule has 1 aromatic carbocycles. The van der Waals surface area contributed by atoms with Gasteiger partial charge in [-0.25, -0.2) is 0 Å². The van der Waals surface area contributed by atoms with E-state index in [1.54, 1.807) is 18.2 Å². The Balaban J connectivity index is 2.51. The van der Waals surface area contributed by atoms with E-state index in [1.165, 1.54) is 14.2 Å². The average molecular weight is 335 g/mol. The largest absolute Gasteiger partial charge is 0.493 e. The van der Waals surface area contributed by atoms with E-state index in [0.717, 1.165) is 0 Å². The maximum Gasteiger partial charge on any atom is 0.253 e. The molecule has 0 radical (unpaired) electrons. The summed E-state index contributed by atoms with van der Waals surface area (Å²) < 4.78 is 10.2. The first-order chi connectivity index (χ1) is 9.99. The Hall–Kier alpha value is -1.66. The zero-order valence-electron chi connectivity index (χ0n) is 11.6. The molecule has 0 saturated carbocycles. The molecule has 0 bridgehead atoms. The molecule has 0 aliphatic carbocycles. The van der Waals surface area contributed by atoms with E-state index in [-0.39, 0.29) is 19.0 Å². The van der Waals surface area contributed by atoms with Crippen LogP contribution in [0.25, 0.3) is 0 Å². The molecule has 116 valence electrons. The lowest BCUT2D eigenvalue weighted by molar-refractivity contribution is -0.119. The lowest BCUT2D eigenvalue weighted by Gasteiger charge is -2.10. The minimum Gasteiger partial charge on any atom is -0.493 e. The lowest BCUT2D eigenvalue weighted by Crippen LogP contribution is -2.36. The third-order valence-corrected chi connectivity index (χ3v) is 2.95. The first kappa shape index (κ1) is 17.4. The fraction of sp³-hybridized carbons (Fsp3) is 0.385. The Bertz CT molecular complexity index is 509. The summed E-state index contributed by atoms with van der Waals surface area (Å²) in [6.07, 6.45) is 0. The van der Waals surface area contributed by atoms with Gasteiger partial charge in [-0.1, -0.05) is 23.2 Å². The molecule has 0 unspecified atom stereocenters. The zero-order valence-corrected chi connectivity index (χ0v) is 13.1. The maximum absolute atomic E-state index is 11.9. The molecule has 2 N–H and O–H groups in total. The highest BCUT2D eigenvalue weighted by atomic mass is 35.5. The molecule has 2 amide bonds. The van der Waals surface area contributed by atoms with Crippen LogP contribution in [0.4, 0.5) is 0 Å². The molecular formula is C13H16Cl2N2O4. The fourth-order valence-corrected chi connectivity index (χ4v) is 1.67. The van der Waals surface area contributed by atoms with Crippen molar-refractivity contribution in [2.45, 2.75) is 4.84 Å². The van der Waals surface area contributed by atoms with E-state index in [9.17, 15) is 9.59 Å². The summed E-state index contributed by atoms with van der Waals surface area (Å²) in [5.41, 5.74) is 0.423. The van der Waals surface area contributed by atoms with Gasteiger partial charge in [0.25, 0.3) is 11.8 Å². The predicted molar refractivity (Wildman–Crippen MR) is 80.4 cm³/mol. The van der Waals surface area contributed by atoms with Crippen molar-refractivity contribution >= 4 is 35.0 Å². The van der Waals surface area contributed by atoms with E-state index < -0.39 is 10.7 Å². The minimum absolute atomic E-state index is 0.230. The number of nitrogens with one attached hydrogen (secondary N) is 2. The number of hydrogen-bond acceptors (Lipinski definition) is 4. The Morgan fingerprint density at radius 2 is 1.71 bits per heavy atom. The van der Waals surface area contributed by atoms with Gasteiger partial charge in [-0.3, -0.25) is 9.59 Å². The van der Waals surface area contributed by atoms with Gasteiger partial charge in [0.15, 0.2) is 16.3 Å². The quantitative estimate of drug-likeness (QED) is 0.583. The van der Waals surface area contributed by atoms with Crippen molar-refractivity contribution in [2.24, 2.45) is 0 Å². The van der Waals surface area contributed by atoms with Gasteiger partial charge in [0.05, 0.1) is 14.2 Å². The summed E-state index contributed by atoms with van der Waals surface area (Å²) in [7, 11) is 3.01. The molecule has 1 aromatic rings. The van der Waals surface area contributed by atoms with Crippen molar-refractivity contribution in [3.63, 3.8) is 0 Å². The van der Waals surface area contributed by atoms with Crippen LogP contribution in [0.3, 0.4) is 0 Å². The van der Waals surface area contributed by atoms with Crippen molar-refractivity contribution < 1.29 is 19.1 Å². The van der Waals surface area contributed by atoms with Crippen molar-refractivity contribution in [3.8, 4) is 11.5 Å². The molecule has 0 aromatic heterocycles. The van der Waals surface area contributed by atoms with E-state index in [4.69, 9.17) is 32.7 Å². The number of rotatable bonds is 7. The molecule has 8 heteroatoms. The van der Waals surface area contributed by atoms with E-state index in [1.807, 2.05) is 0 Å². The smallest absolute Gasteiger partial charge is 0.253 e. The third-order valence-electron chi connectivity index (χ3n) is 2.55. The van der Waals surface area contributed by atoms with Crippen LogP contribution in [0.5, 0.6) is 11.5 Å². The van der Waals surface area contributed by atoms with Crippen LogP contribution >= 0.6 is 23.2 Å². The van der Waals surface area contributed by atoms with E-state index in [0.29, 0.717) is 17.1 Å². The summed E-state index contributed by atoms with van der Waals surface area (Å²) >= 11 is 10.7. The first-order valence-corrected chi connectivity index (χ1v) is 6.93. The van der Waals surface area contributed by atoms with Crippen LogP contribution in [0.15, 0.2) is 18.2 Å². The molecule has 0 atom stereocenters. The van der Waals surface area contributed by atoms with Crippen LogP contribution in [0.1, 0.15) is 10.4 Å². The van der Waals surface area contributed by atoms with Gasteiger partial charge in [0.1, 0.15) is 0 Å². The average Bonchev–Trinajstić information content (AvgIpc) is 2.50. The van der Waals surface area contributed by atoms with E-state index in [2.05, 4.69) is 10.6 Å². The second-order valence-electron chi connectivity index (χ2n) is 3.92. The molecule has 0 aliphatic rings. The third kappa shape index (κ3) is 5.32. The molecule has 21 heavy (non-hydrogen) atoms. The number of carbonyl (C=O) groups excluding carboxylic acids is 2. The van der Waals surface area contributed by atoms with Gasteiger partial charge in [-0.2, -0.15) is 0 Å². The highest BCUT2D eigenvalue weighted by Crippen LogP contribution is 2.27. The summed E-state index contributed by atoms with van der Waals surface area (Å²) in [5.74, 6) is 0.208. The molecule has 1 rings (SSSR count). The number of alkyl halides is 2. The second-order valence-corrected chi connectivity index (χ2v) is 5.01. The second kappa shape index (κ2) is 8.59. The maximum atomic E-state index is 11.9. The fourth-order valence-electron chi connectivity index (χ4n) is 1.52. The van der Waals surface area contributed by atoms with Gasteiger partial charge in [0, 0.05) is 18.7 Å². The summed E-state index contributed by atoms with van der Waals surface area (Å²) in [6.45, 7) is 0.479. The molecule has 0 spiro atoms. The van der Waals surface area contributed by atoms with Crippen molar-refractivity contribution in [1.29, 1.82) is 0 Å². The minimum atomic E-state index is -1.12. The van der Waals surface area contributed by atoms with E-state index >= 15 is 0 Å². The normalized spacial score (nSPS) is 10.1. The molecule has 0 saturated heterocycles. The SMILES string of the molecule is COc1ccc(C(=O)NCCNC(=O)C(Cl)Cl)cc1OC. The van der Waals surface area contributed by atoms with Gasteiger partial charge < -0.3 is 20.1 Å². The van der Waals surface area contributed by atoms with Gasteiger partial charge >= 0.3 is 0 Å². The van der Waals surface area contributed by atoms with Crippen LogP contribution < -0.4 is 20.1 Å². The van der Waals surface area contributed by atoms with Gasteiger partial charge in [0.2, 0.25) is 0 Å². The number of ether oxygens (including phenoxy) is 2. The number of hydrogen-bond donors (Lipinski definition) is 2. The number of methoxy groups -OCH3 is 2. The van der Waals surface area contributed by atoms with Gasteiger partial charge in [-0.15, -0.1) is 0 Å². The van der Waals surface area contributed by atoms with Crippen LogP contribution in [0, 0.1) is 0 Å². The summed E-state index contributed by atoms with van der Waals surface area (Å²) in [4.78, 5) is 21.9. The van der Waals surface area contributed by atoms with Crippen molar-refractivity contribution in [3.05, 3.63) is 23.8 Å². The lowest BCUT2D eigenvalue weighted by atomic mass is 10.2. The first-order valence-electron chi connectivity index (χ1n) is 6.05. The van der Waals surface area contributed by atoms with Crippen molar-refractivity contribution in [2.75, 3.05) is 27.3 Å². The molecular weight excluding hydrogens is 319 g/mol. The molecule has 6 nitrogen and oxygen atoms in total. The Morgan fingerprint density at radius 3 is 2.29 bits per heavy atom. The molecule has 0 aliphatic heterocycles. The Kier molecular flexibility index (Phi) is 7.11. The highest BCUT2D eigenvalue weighted by molar-refractivity contribution is 6.53. The number of halogens is 2. The van der Waals surface area contributed by atoms with Crippen LogP contribution in [-0.2, 0) is 4.79 Å². The van der Waals surface area contributed by atoms with Crippen LogP contribution in [0.2, 0.25) is 0 Å². The number of amides is 2. The van der Waals surface area contributed by atoms with Gasteiger partial charge in [-0.05, 0) is 18.2 Å². The standard InChI is InChI=1S/C13H16Cl2N2O4/c1-20-9-4-3-8(7-10(9)21-2)12(18)16-5-6-17-13(19)11(14)15/h3-4,7,11H,5-6H2,1-2H3,(H,16,18)(H,17,19). The monoisotopic (exact) mass is 334 g/mol. The predicted octanol–water partition coefficient (Wildman–Crippen LogP) is 1.35. The Labute approximate surface area is 132 Å².